The van der Waals surface area contributed by atoms with Gasteiger partial charge >= 0.3 is 0 Å². The van der Waals surface area contributed by atoms with E-state index in [9.17, 15) is 0 Å². The summed E-state index contributed by atoms with van der Waals surface area (Å²) in [5, 5.41) is 8.96. The van der Waals surface area contributed by atoms with Crippen LogP contribution in [0.3, 0.4) is 0 Å². The van der Waals surface area contributed by atoms with Crippen LogP contribution >= 0.6 is 0 Å². The normalized spacial score (nSPS) is 11.0. The number of hydrogen-bond donors (Lipinski definition) is 1. The molecule has 0 aromatic heterocycles. The number of rotatable bonds is 9. The van der Waals surface area contributed by atoms with E-state index in [-0.39, 0.29) is 5.41 Å². The Morgan fingerprint density at radius 1 is 1.24 bits per heavy atom. The summed E-state index contributed by atoms with van der Waals surface area (Å²) in [5.74, 6) is 1.51. The lowest BCUT2D eigenvalue weighted by Gasteiger charge is -2.15. The minimum absolute atomic E-state index is 0.248. The highest BCUT2D eigenvalue weighted by Crippen LogP contribution is 2.28. The van der Waals surface area contributed by atoms with Gasteiger partial charge in [0.15, 0.2) is 11.5 Å². The summed E-state index contributed by atoms with van der Waals surface area (Å²) in [7, 11) is 1.64. The second-order valence-electron chi connectivity index (χ2n) is 5.83. The van der Waals surface area contributed by atoms with Crippen molar-refractivity contribution in [1.29, 1.82) is 5.26 Å². The maximum absolute atomic E-state index is 8.96. The molecule has 1 rings (SSSR count). The van der Waals surface area contributed by atoms with E-state index < -0.39 is 0 Å². The second-order valence-corrected chi connectivity index (χ2v) is 5.83. The average molecular weight is 290 g/mol. The molecule has 21 heavy (non-hydrogen) atoms. The fraction of sp³-hybridized carbons (Fsp3) is 0.588. The van der Waals surface area contributed by atoms with Gasteiger partial charge in [0.25, 0.3) is 0 Å². The minimum Gasteiger partial charge on any atom is -0.493 e. The van der Waals surface area contributed by atoms with Crippen molar-refractivity contribution in [3.63, 3.8) is 0 Å². The fourth-order valence-corrected chi connectivity index (χ4v) is 2.06. The molecule has 4 heteroatoms. The van der Waals surface area contributed by atoms with E-state index >= 15 is 0 Å². The van der Waals surface area contributed by atoms with Gasteiger partial charge in [-0.2, -0.15) is 5.26 Å². The number of benzene rings is 1. The first kappa shape index (κ1) is 17.3. The number of nitrogens with two attached hydrogens (primary N) is 1. The quantitative estimate of drug-likeness (QED) is 0.709. The van der Waals surface area contributed by atoms with Crippen molar-refractivity contribution in [3.05, 3.63) is 23.8 Å². The van der Waals surface area contributed by atoms with Gasteiger partial charge in [-0.05, 0) is 63.8 Å². The number of ether oxygens (including phenoxy) is 2. The van der Waals surface area contributed by atoms with Crippen molar-refractivity contribution in [2.45, 2.75) is 39.5 Å². The third-order valence-electron chi connectivity index (χ3n) is 3.42. The topological polar surface area (TPSA) is 68.3 Å². The third kappa shape index (κ3) is 6.05. The van der Waals surface area contributed by atoms with E-state index in [2.05, 4.69) is 6.07 Å². The predicted octanol–water partition coefficient (Wildman–Crippen LogP) is 3.30. The van der Waals surface area contributed by atoms with Crippen LogP contribution in [0.5, 0.6) is 11.5 Å². The van der Waals surface area contributed by atoms with Crippen molar-refractivity contribution >= 4 is 0 Å². The van der Waals surface area contributed by atoms with Crippen molar-refractivity contribution in [1.82, 2.24) is 0 Å². The zero-order valence-electron chi connectivity index (χ0n) is 13.3. The Kier molecular flexibility index (Phi) is 7.04. The van der Waals surface area contributed by atoms with Crippen molar-refractivity contribution in [2.75, 3.05) is 20.3 Å². The number of nitriles is 1. The molecule has 4 nitrogen and oxygen atoms in total. The monoisotopic (exact) mass is 290 g/mol. The van der Waals surface area contributed by atoms with Gasteiger partial charge in [0, 0.05) is 0 Å². The molecule has 1 aromatic rings. The molecule has 0 spiro atoms. The number of methoxy groups -OCH3 is 1. The molecular weight excluding hydrogens is 264 g/mol. The highest BCUT2D eigenvalue weighted by molar-refractivity contribution is 5.43. The molecule has 0 aliphatic carbocycles. The summed E-state index contributed by atoms with van der Waals surface area (Å²) in [6, 6.07) is 8.24. The van der Waals surface area contributed by atoms with Gasteiger partial charge in [0.1, 0.15) is 0 Å². The van der Waals surface area contributed by atoms with E-state index in [1.807, 2.05) is 32.0 Å². The molecule has 0 aliphatic heterocycles. The molecule has 0 aliphatic rings. The SMILES string of the molecule is COc1cc(CCN)ccc1OCCCCC(C)(C)C#N. The molecule has 0 saturated heterocycles. The molecule has 116 valence electrons. The number of nitrogens with zero attached hydrogens (tertiary/aromatic N) is 1. The Hall–Kier alpha value is -1.73. The highest BCUT2D eigenvalue weighted by atomic mass is 16.5. The third-order valence-corrected chi connectivity index (χ3v) is 3.42. The maximum Gasteiger partial charge on any atom is 0.161 e. The second kappa shape index (κ2) is 8.53. The first-order valence-electron chi connectivity index (χ1n) is 7.43. The zero-order chi connectivity index (χ0) is 15.7. The summed E-state index contributed by atoms with van der Waals surface area (Å²) in [6.07, 6.45) is 3.63. The van der Waals surface area contributed by atoms with Crippen molar-refractivity contribution in [3.8, 4) is 17.6 Å². The van der Waals surface area contributed by atoms with Crippen LogP contribution in [0.15, 0.2) is 18.2 Å². The first-order chi connectivity index (χ1) is 10.0. The van der Waals surface area contributed by atoms with E-state index in [1.54, 1.807) is 7.11 Å². The maximum atomic E-state index is 8.96. The predicted molar refractivity (Wildman–Crippen MR) is 84.5 cm³/mol. The Morgan fingerprint density at radius 2 is 2.00 bits per heavy atom. The van der Waals surface area contributed by atoms with Gasteiger partial charge in [0.2, 0.25) is 0 Å². The molecule has 0 amide bonds. The zero-order valence-corrected chi connectivity index (χ0v) is 13.3. The van der Waals surface area contributed by atoms with Gasteiger partial charge in [-0.1, -0.05) is 6.07 Å². The Morgan fingerprint density at radius 3 is 2.62 bits per heavy atom. The lowest BCUT2D eigenvalue weighted by atomic mass is 9.89. The van der Waals surface area contributed by atoms with Crippen LogP contribution in [0.1, 0.15) is 38.7 Å². The molecule has 0 unspecified atom stereocenters. The Labute approximate surface area is 127 Å². The van der Waals surface area contributed by atoms with Crippen LogP contribution in [0.25, 0.3) is 0 Å². The summed E-state index contributed by atoms with van der Waals surface area (Å²) < 4.78 is 11.1. The van der Waals surface area contributed by atoms with Crippen LogP contribution in [-0.2, 0) is 6.42 Å². The van der Waals surface area contributed by atoms with Crippen LogP contribution in [0.2, 0.25) is 0 Å². The van der Waals surface area contributed by atoms with E-state index in [0.29, 0.717) is 13.2 Å². The van der Waals surface area contributed by atoms with Crippen LogP contribution in [0.4, 0.5) is 0 Å². The van der Waals surface area contributed by atoms with Crippen molar-refractivity contribution in [2.24, 2.45) is 11.1 Å². The van der Waals surface area contributed by atoms with E-state index in [4.69, 9.17) is 20.5 Å². The molecule has 2 N–H and O–H groups in total. The van der Waals surface area contributed by atoms with E-state index in [0.717, 1.165) is 42.7 Å². The van der Waals surface area contributed by atoms with Gasteiger partial charge < -0.3 is 15.2 Å². The van der Waals surface area contributed by atoms with Crippen molar-refractivity contribution < 1.29 is 9.47 Å². The molecule has 0 saturated carbocycles. The standard InChI is InChI=1S/C17H26N2O2/c1-17(2,13-19)9-4-5-11-21-15-7-6-14(8-10-18)12-16(15)20-3/h6-7,12H,4-5,8-11,18H2,1-3H3. The summed E-state index contributed by atoms with van der Waals surface area (Å²) in [5.41, 5.74) is 6.46. The molecular formula is C17H26N2O2. The molecule has 0 heterocycles. The number of unbranched alkanes of at least 4 members (excludes halogenated alkanes) is 1. The molecule has 0 bridgehead atoms. The highest BCUT2D eigenvalue weighted by Gasteiger charge is 2.15. The summed E-state index contributed by atoms with van der Waals surface area (Å²) in [4.78, 5) is 0. The Bertz CT molecular complexity index is 478. The summed E-state index contributed by atoms with van der Waals surface area (Å²) in [6.45, 7) is 5.19. The molecule has 1 aromatic carbocycles. The molecule has 0 atom stereocenters. The van der Waals surface area contributed by atoms with Crippen LogP contribution in [-0.4, -0.2) is 20.3 Å². The average Bonchev–Trinajstić information content (AvgIpc) is 2.48. The fourth-order valence-electron chi connectivity index (χ4n) is 2.06. The smallest absolute Gasteiger partial charge is 0.161 e. The Balaban J connectivity index is 2.43. The summed E-state index contributed by atoms with van der Waals surface area (Å²) >= 11 is 0. The molecule has 0 fully saturated rings. The van der Waals surface area contributed by atoms with Crippen LogP contribution in [0, 0.1) is 16.7 Å². The van der Waals surface area contributed by atoms with Gasteiger partial charge in [-0.3, -0.25) is 0 Å². The number of hydrogen-bond acceptors (Lipinski definition) is 4. The largest absolute Gasteiger partial charge is 0.493 e. The minimum atomic E-state index is -0.248. The molecule has 0 radical (unpaired) electrons. The van der Waals surface area contributed by atoms with Gasteiger partial charge in [-0.15, -0.1) is 0 Å². The lowest BCUT2D eigenvalue weighted by Crippen LogP contribution is -2.08. The lowest BCUT2D eigenvalue weighted by molar-refractivity contribution is 0.278. The van der Waals surface area contributed by atoms with Crippen LogP contribution < -0.4 is 15.2 Å². The van der Waals surface area contributed by atoms with E-state index in [1.165, 1.54) is 0 Å². The first-order valence-corrected chi connectivity index (χ1v) is 7.43. The van der Waals surface area contributed by atoms with Gasteiger partial charge in [-0.25, -0.2) is 0 Å². The van der Waals surface area contributed by atoms with Gasteiger partial charge in [0.05, 0.1) is 25.2 Å².